The van der Waals surface area contributed by atoms with Gasteiger partial charge >= 0.3 is 0 Å². The second kappa shape index (κ2) is 4.84. The predicted molar refractivity (Wildman–Crippen MR) is 59.0 cm³/mol. The molecule has 1 rings (SSSR count). The highest BCUT2D eigenvalue weighted by Crippen LogP contribution is 2.34. The first-order valence-electron chi connectivity index (χ1n) is 4.08. The average Bonchev–Trinajstić information content (AvgIpc) is 2.15. The summed E-state index contributed by atoms with van der Waals surface area (Å²) in [6, 6.07) is 3.00. The van der Waals surface area contributed by atoms with Crippen LogP contribution in [0.1, 0.15) is 11.6 Å². The minimum atomic E-state index is -0.318. The van der Waals surface area contributed by atoms with Crippen LogP contribution in [0.4, 0.5) is 0 Å². The molecule has 1 aromatic carbocycles. The number of hydrogen-bond donors (Lipinski definition) is 2. The Morgan fingerprint density at radius 3 is 2.57 bits per heavy atom. The van der Waals surface area contributed by atoms with Gasteiger partial charge in [0.25, 0.3) is 0 Å². The van der Waals surface area contributed by atoms with Crippen LogP contribution in [0.2, 0.25) is 10.0 Å². The first-order chi connectivity index (χ1) is 6.60. The van der Waals surface area contributed by atoms with Crippen LogP contribution >= 0.6 is 23.2 Å². The predicted octanol–water partition coefficient (Wildman–Crippen LogP) is 1.96. The van der Waals surface area contributed by atoms with Crippen molar-refractivity contribution in [2.75, 3.05) is 13.7 Å². The Bertz CT molecular complexity index is 331. The highest BCUT2D eigenvalue weighted by atomic mass is 35.5. The van der Waals surface area contributed by atoms with Crippen LogP contribution in [-0.4, -0.2) is 13.7 Å². The molecule has 1 atom stereocenters. The molecule has 78 valence electrons. The van der Waals surface area contributed by atoms with E-state index >= 15 is 0 Å². The minimum absolute atomic E-state index is 0.313. The smallest absolute Gasteiger partial charge is 0.142 e. The van der Waals surface area contributed by atoms with Gasteiger partial charge < -0.3 is 16.2 Å². The van der Waals surface area contributed by atoms with Crippen molar-refractivity contribution in [1.29, 1.82) is 0 Å². The zero-order valence-electron chi connectivity index (χ0n) is 7.76. The van der Waals surface area contributed by atoms with Crippen molar-refractivity contribution in [2.24, 2.45) is 11.5 Å². The van der Waals surface area contributed by atoms with Crippen molar-refractivity contribution in [3.8, 4) is 5.75 Å². The van der Waals surface area contributed by atoms with Crippen LogP contribution < -0.4 is 16.2 Å². The summed E-state index contributed by atoms with van der Waals surface area (Å²) in [5.41, 5.74) is 12.0. The first-order valence-corrected chi connectivity index (χ1v) is 4.84. The van der Waals surface area contributed by atoms with E-state index in [2.05, 4.69) is 0 Å². The Labute approximate surface area is 92.9 Å². The van der Waals surface area contributed by atoms with Gasteiger partial charge in [-0.15, -0.1) is 0 Å². The van der Waals surface area contributed by atoms with Gasteiger partial charge in [0.15, 0.2) is 0 Å². The lowest BCUT2D eigenvalue weighted by atomic mass is 10.1. The molecule has 0 saturated heterocycles. The summed E-state index contributed by atoms with van der Waals surface area (Å²) in [5, 5.41) is 0.966. The lowest BCUT2D eigenvalue weighted by molar-refractivity contribution is 0.406. The van der Waals surface area contributed by atoms with E-state index in [0.717, 1.165) is 5.56 Å². The van der Waals surface area contributed by atoms with E-state index in [4.69, 9.17) is 39.4 Å². The number of rotatable bonds is 3. The van der Waals surface area contributed by atoms with Crippen LogP contribution in [0, 0.1) is 0 Å². The molecule has 5 heteroatoms. The molecule has 1 aromatic rings. The van der Waals surface area contributed by atoms with E-state index in [1.807, 2.05) is 0 Å². The molecule has 0 saturated carbocycles. The van der Waals surface area contributed by atoms with Gasteiger partial charge in [0.2, 0.25) is 0 Å². The first kappa shape index (κ1) is 11.6. The molecule has 0 bridgehead atoms. The van der Waals surface area contributed by atoms with Gasteiger partial charge in [-0.25, -0.2) is 0 Å². The van der Waals surface area contributed by atoms with Gasteiger partial charge in [0.05, 0.1) is 12.1 Å². The van der Waals surface area contributed by atoms with Gasteiger partial charge in [-0.3, -0.25) is 0 Å². The van der Waals surface area contributed by atoms with Crippen molar-refractivity contribution >= 4 is 23.2 Å². The number of hydrogen-bond acceptors (Lipinski definition) is 3. The Balaban J connectivity index is 3.24. The number of ether oxygens (including phenoxy) is 1. The highest BCUT2D eigenvalue weighted by molar-refractivity contribution is 6.35. The normalized spacial score (nSPS) is 12.6. The SMILES string of the molecule is COc1c(Cl)cc(Cl)cc1[C@@H](N)CN. The molecule has 0 aromatic heterocycles. The van der Waals surface area contributed by atoms with Crippen molar-refractivity contribution in [3.63, 3.8) is 0 Å². The fraction of sp³-hybridized carbons (Fsp3) is 0.333. The summed E-state index contributed by atoms with van der Waals surface area (Å²) in [4.78, 5) is 0. The monoisotopic (exact) mass is 234 g/mol. The fourth-order valence-electron chi connectivity index (χ4n) is 1.20. The number of benzene rings is 1. The van der Waals surface area contributed by atoms with Gasteiger partial charge in [-0.05, 0) is 12.1 Å². The van der Waals surface area contributed by atoms with E-state index in [-0.39, 0.29) is 6.04 Å². The lowest BCUT2D eigenvalue weighted by Gasteiger charge is -2.15. The molecule has 0 amide bonds. The Kier molecular flexibility index (Phi) is 4.01. The topological polar surface area (TPSA) is 61.3 Å². The molecule has 3 nitrogen and oxygen atoms in total. The molecule has 0 fully saturated rings. The quantitative estimate of drug-likeness (QED) is 0.841. The molecule has 0 heterocycles. The Morgan fingerprint density at radius 1 is 1.43 bits per heavy atom. The number of nitrogens with two attached hydrogens (primary N) is 2. The maximum atomic E-state index is 5.93. The molecule has 0 unspecified atom stereocenters. The van der Waals surface area contributed by atoms with Crippen molar-refractivity contribution < 1.29 is 4.74 Å². The molecular weight excluding hydrogens is 223 g/mol. The molecular formula is C9H12Cl2N2O. The summed E-state index contributed by atoms with van der Waals surface area (Å²) in [5.74, 6) is 0.536. The van der Waals surface area contributed by atoms with Crippen LogP contribution in [-0.2, 0) is 0 Å². The number of halogens is 2. The van der Waals surface area contributed by atoms with E-state index in [1.165, 1.54) is 7.11 Å². The molecule has 0 aliphatic rings. The van der Waals surface area contributed by atoms with Gasteiger partial charge in [-0.2, -0.15) is 0 Å². The third-order valence-electron chi connectivity index (χ3n) is 1.89. The number of methoxy groups -OCH3 is 1. The highest BCUT2D eigenvalue weighted by Gasteiger charge is 2.14. The molecule has 14 heavy (non-hydrogen) atoms. The van der Waals surface area contributed by atoms with Crippen molar-refractivity contribution in [3.05, 3.63) is 27.7 Å². The summed E-state index contributed by atoms with van der Waals surface area (Å²) >= 11 is 11.8. The minimum Gasteiger partial charge on any atom is -0.495 e. The third-order valence-corrected chi connectivity index (χ3v) is 2.39. The maximum absolute atomic E-state index is 5.93. The molecule has 0 aliphatic carbocycles. The van der Waals surface area contributed by atoms with Gasteiger partial charge in [0.1, 0.15) is 5.75 Å². The summed E-state index contributed by atoms with van der Waals surface area (Å²) < 4.78 is 5.13. The summed E-state index contributed by atoms with van der Waals surface area (Å²) in [7, 11) is 1.53. The summed E-state index contributed by atoms with van der Waals surface area (Å²) in [6.45, 7) is 0.313. The van der Waals surface area contributed by atoms with Crippen LogP contribution in [0.15, 0.2) is 12.1 Å². The standard InChI is InChI=1S/C9H12Cl2N2O/c1-14-9-6(8(13)4-12)2-5(10)3-7(9)11/h2-3,8H,4,12-13H2,1H3/t8-/m0/s1. The Hall–Kier alpha value is -0.480. The molecule has 0 spiro atoms. The molecule has 4 N–H and O–H groups in total. The van der Waals surface area contributed by atoms with E-state index in [1.54, 1.807) is 12.1 Å². The van der Waals surface area contributed by atoms with Crippen LogP contribution in [0.25, 0.3) is 0 Å². The van der Waals surface area contributed by atoms with E-state index < -0.39 is 0 Å². The van der Waals surface area contributed by atoms with Crippen LogP contribution in [0.5, 0.6) is 5.75 Å². The molecule has 0 aliphatic heterocycles. The zero-order chi connectivity index (χ0) is 10.7. The summed E-state index contributed by atoms with van der Waals surface area (Å²) in [6.07, 6.45) is 0. The fourth-order valence-corrected chi connectivity index (χ4v) is 1.78. The zero-order valence-corrected chi connectivity index (χ0v) is 9.27. The second-order valence-corrected chi connectivity index (χ2v) is 3.70. The lowest BCUT2D eigenvalue weighted by Crippen LogP contribution is -2.21. The Morgan fingerprint density at radius 2 is 2.07 bits per heavy atom. The maximum Gasteiger partial charge on any atom is 0.142 e. The second-order valence-electron chi connectivity index (χ2n) is 2.85. The van der Waals surface area contributed by atoms with E-state index in [0.29, 0.717) is 22.3 Å². The van der Waals surface area contributed by atoms with Crippen molar-refractivity contribution in [1.82, 2.24) is 0 Å². The van der Waals surface area contributed by atoms with Gasteiger partial charge in [-0.1, -0.05) is 23.2 Å². The largest absolute Gasteiger partial charge is 0.495 e. The van der Waals surface area contributed by atoms with Crippen molar-refractivity contribution in [2.45, 2.75) is 6.04 Å². The molecule has 0 radical (unpaired) electrons. The third kappa shape index (κ3) is 2.30. The van der Waals surface area contributed by atoms with Gasteiger partial charge in [0, 0.05) is 23.2 Å². The van der Waals surface area contributed by atoms with Crippen LogP contribution in [0.3, 0.4) is 0 Å². The van der Waals surface area contributed by atoms with E-state index in [9.17, 15) is 0 Å². The average molecular weight is 235 g/mol.